The van der Waals surface area contributed by atoms with Gasteiger partial charge in [0.2, 0.25) is 0 Å². The number of likely N-dealkylation sites (tertiary alicyclic amines) is 1. The predicted octanol–water partition coefficient (Wildman–Crippen LogP) is 0.818. The van der Waals surface area contributed by atoms with E-state index in [2.05, 4.69) is 11.9 Å². The van der Waals surface area contributed by atoms with E-state index >= 15 is 0 Å². The molecule has 2 aromatic rings. The molecule has 1 N–H and O–H groups in total. The smallest absolute Gasteiger partial charge is 0.258 e. The average molecular weight is 272 g/mol. The summed E-state index contributed by atoms with van der Waals surface area (Å²) in [7, 11) is 0. The summed E-state index contributed by atoms with van der Waals surface area (Å²) in [5.41, 5.74) is 2.65. The van der Waals surface area contributed by atoms with Gasteiger partial charge in [0, 0.05) is 11.8 Å². The van der Waals surface area contributed by atoms with Gasteiger partial charge in [-0.25, -0.2) is 4.98 Å². The summed E-state index contributed by atoms with van der Waals surface area (Å²) in [6.45, 7) is 7.51. The third-order valence-corrected chi connectivity index (χ3v) is 4.35. The van der Waals surface area contributed by atoms with E-state index in [4.69, 9.17) is 0 Å². The van der Waals surface area contributed by atoms with E-state index in [0.717, 1.165) is 29.5 Å². The quantitative estimate of drug-likeness (QED) is 0.879. The second kappa shape index (κ2) is 5.37. The molecule has 4 nitrogen and oxygen atoms in total. The average Bonchev–Trinajstić information content (AvgIpc) is 2.41. The van der Waals surface area contributed by atoms with Gasteiger partial charge < -0.3 is 4.90 Å². The minimum Gasteiger partial charge on any atom is -0.330 e. The first kappa shape index (κ1) is 13.3. The predicted molar refractivity (Wildman–Crippen MR) is 79.0 cm³/mol. The number of fused-ring (bicyclic) bond motifs is 1. The lowest BCUT2D eigenvalue weighted by Crippen LogP contribution is -3.11. The number of rotatable bonds is 2. The van der Waals surface area contributed by atoms with Gasteiger partial charge in [-0.3, -0.25) is 9.20 Å². The summed E-state index contributed by atoms with van der Waals surface area (Å²) in [5.74, 6) is 0.844. The molecule has 3 heterocycles. The molecular formula is C16H22N3O+. The van der Waals surface area contributed by atoms with Crippen LogP contribution in [0.2, 0.25) is 0 Å². The van der Waals surface area contributed by atoms with Crippen LogP contribution in [0.3, 0.4) is 0 Å². The summed E-state index contributed by atoms with van der Waals surface area (Å²) in [6, 6.07) is 7.50. The monoisotopic (exact) mass is 272 g/mol. The normalized spacial score (nSPS) is 23.1. The second-order valence-corrected chi connectivity index (χ2v) is 6.06. The van der Waals surface area contributed by atoms with Crippen molar-refractivity contribution in [3.8, 4) is 0 Å². The highest BCUT2D eigenvalue weighted by molar-refractivity contribution is 5.40. The number of pyridine rings is 1. The molecule has 1 saturated heterocycles. The fourth-order valence-corrected chi connectivity index (χ4v) is 3.06. The third kappa shape index (κ3) is 2.61. The first-order valence-electron chi connectivity index (χ1n) is 7.45. The Morgan fingerprint density at radius 2 is 2.10 bits per heavy atom. The lowest BCUT2D eigenvalue weighted by molar-refractivity contribution is -0.920. The molecule has 4 heteroatoms. The van der Waals surface area contributed by atoms with E-state index in [1.807, 2.05) is 25.1 Å². The Kier molecular flexibility index (Phi) is 3.57. The molecule has 0 unspecified atom stereocenters. The number of aryl methyl sites for hydroxylation is 1. The molecule has 0 amide bonds. The topological polar surface area (TPSA) is 38.8 Å². The van der Waals surface area contributed by atoms with Crippen LogP contribution in [0.4, 0.5) is 0 Å². The molecule has 0 bridgehead atoms. The minimum atomic E-state index is 0.0351. The molecule has 106 valence electrons. The molecule has 1 aliphatic rings. The molecule has 0 aromatic carbocycles. The van der Waals surface area contributed by atoms with Gasteiger partial charge in [0.15, 0.2) is 0 Å². The zero-order chi connectivity index (χ0) is 14.1. The summed E-state index contributed by atoms with van der Waals surface area (Å²) in [5, 5.41) is 0. The molecule has 0 radical (unpaired) electrons. The number of nitrogens with zero attached hydrogens (tertiary/aromatic N) is 2. The Bertz CT molecular complexity index is 669. The second-order valence-electron chi connectivity index (χ2n) is 6.06. The van der Waals surface area contributed by atoms with Crippen LogP contribution in [0.25, 0.3) is 5.65 Å². The Balaban J connectivity index is 1.88. The molecule has 1 fully saturated rings. The highest BCUT2D eigenvalue weighted by Gasteiger charge is 2.19. The van der Waals surface area contributed by atoms with Crippen LogP contribution in [0.5, 0.6) is 0 Å². The number of hydrogen-bond donors (Lipinski definition) is 1. The van der Waals surface area contributed by atoms with Crippen LogP contribution in [-0.4, -0.2) is 22.5 Å². The summed E-state index contributed by atoms with van der Waals surface area (Å²) >= 11 is 0. The molecule has 1 aliphatic heterocycles. The zero-order valence-corrected chi connectivity index (χ0v) is 12.2. The fraction of sp³-hybridized carbons (Fsp3) is 0.500. The number of piperidine rings is 1. The standard InChI is InChI=1S/C16H21N3O/c1-12-6-8-18(9-7-12)11-14-10-16(20)19-13(2)4-3-5-15(19)17-14/h3-5,10,12H,6-9,11H2,1-2H3/p+1. The maximum atomic E-state index is 12.2. The summed E-state index contributed by atoms with van der Waals surface area (Å²) in [4.78, 5) is 18.4. The lowest BCUT2D eigenvalue weighted by atomic mass is 9.99. The molecule has 20 heavy (non-hydrogen) atoms. The van der Waals surface area contributed by atoms with Gasteiger partial charge in [-0.05, 0) is 37.8 Å². The fourth-order valence-electron chi connectivity index (χ4n) is 3.06. The molecule has 0 aliphatic carbocycles. The minimum absolute atomic E-state index is 0.0351. The van der Waals surface area contributed by atoms with E-state index < -0.39 is 0 Å². The Labute approximate surface area is 119 Å². The van der Waals surface area contributed by atoms with Crippen molar-refractivity contribution in [2.45, 2.75) is 33.2 Å². The molecule has 0 saturated carbocycles. The van der Waals surface area contributed by atoms with Gasteiger partial charge >= 0.3 is 0 Å². The van der Waals surface area contributed by atoms with Gasteiger partial charge in [0.25, 0.3) is 5.56 Å². The number of nitrogens with one attached hydrogen (secondary N) is 1. The van der Waals surface area contributed by atoms with Crippen molar-refractivity contribution in [2.24, 2.45) is 5.92 Å². The van der Waals surface area contributed by atoms with Gasteiger partial charge in [-0.1, -0.05) is 13.0 Å². The highest BCUT2D eigenvalue weighted by Crippen LogP contribution is 2.07. The first-order chi connectivity index (χ1) is 9.63. The number of quaternary nitrogens is 1. The van der Waals surface area contributed by atoms with Gasteiger partial charge in [-0.2, -0.15) is 0 Å². The molecule has 3 rings (SSSR count). The van der Waals surface area contributed by atoms with Crippen LogP contribution >= 0.6 is 0 Å². The van der Waals surface area contributed by atoms with E-state index in [1.54, 1.807) is 15.4 Å². The van der Waals surface area contributed by atoms with E-state index in [9.17, 15) is 4.79 Å². The molecule has 0 spiro atoms. The Morgan fingerprint density at radius 1 is 1.35 bits per heavy atom. The first-order valence-corrected chi connectivity index (χ1v) is 7.45. The van der Waals surface area contributed by atoms with E-state index in [0.29, 0.717) is 0 Å². The van der Waals surface area contributed by atoms with Crippen LogP contribution in [-0.2, 0) is 6.54 Å². The van der Waals surface area contributed by atoms with Crippen LogP contribution in [0.1, 0.15) is 31.2 Å². The SMILES string of the molecule is Cc1cccc2nc(C[NH+]3CCC(C)CC3)cc(=O)n12. The van der Waals surface area contributed by atoms with Crippen molar-refractivity contribution in [3.05, 3.63) is 46.0 Å². The van der Waals surface area contributed by atoms with E-state index in [1.165, 1.54) is 25.9 Å². The number of hydrogen-bond acceptors (Lipinski definition) is 2. The van der Waals surface area contributed by atoms with Gasteiger partial charge in [-0.15, -0.1) is 0 Å². The number of aromatic nitrogens is 2. The van der Waals surface area contributed by atoms with Gasteiger partial charge in [0.05, 0.1) is 13.1 Å². The summed E-state index contributed by atoms with van der Waals surface area (Å²) in [6.07, 6.45) is 2.56. The highest BCUT2D eigenvalue weighted by atomic mass is 16.1. The van der Waals surface area contributed by atoms with E-state index in [-0.39, 0.29) is 5.56 Å². The van der Waals surface area contributed by atoms with Crippen molar-refractivity contribution < 1.29 is 4.90 Å². The van der Waals surface area contributed by atoms with Crippen molar-refractivity contribution in [1.82, 2.24) is 9.38 Å². The van der Waals surface area contributed by atoms with Crippen LogP contribution in [0.15, 0.2) is 29.1 Å². The van der Waals surface area contributed by atoms with Crippen molar-refractivity contribution >= 4 is 5.65 Å². The summed E-state index contributed by atoms with van der Waals surface area (Å²) < 4.78 is 1.68. The molecular weight excluding hydrogens is 250 g/mol. The third-order valence-electron chi connectivity index (χ3n) is 4.35. The van der Waals surface area contributed by atoms with Crippen molar-refractivity contribution in [2.75, 3.05) is 13.1 Å². The zero-order valence-electron chi connectivity index (χ0n) is 12.2. The maximum absolute atomic E-state index is 12.2. The molecule has 0 atom stereocenters. The van der Waals surface area contributed by atoms with Gasteiger partial charge in [0.1, 0.15) is 17.9 Å². The molecule has 2 aromatic heterocycles. The van der Waals surface area contributed by atoms with Crippen LogP contribution in [0, 0.1) is 12.8 Å². The lowest BCUT2D eigenvalue weighted by Gasteiger charge is -2.27. The van der Waals surface area contributed by atoms with Crippen molar-refractivity contribution in [3.63, 3.8) is 0 Å². The van der Waals surface area contributed by atoms with Crippen molar-refractivity contribution in [1.29, 1.82) is 0 Å². The van der Waals surface area contributed by atoms with Crippen LogP contribution < -0.4 is 10.5 Å². The maximum Gasteiger partial charge on any atom is 0.258 e. The Morgan fingerprint density at radius 3 is 2.85 bits per heavy atom. The Hall–Kier alpha value is -1.68. The largest absolute Gasteiger partial charge is 0.330 e.